The number of aryl methyl sites for hydroxylation is 1. The van der Waals surface area contributed by atoms with E-state index in [0.717, 1.165) is 49.2 Å². The highest BCUT2D eigenvalue weighted by Crippen LogP contribution is 2.33. The topological polar surface area (TPSA) is 70.8 Å². The van der Waals surface area contributed by atoms with Crippen LogP contribution in [0.4, 0.5) is 0 Å². The summed E-state index contributed by atoms with van der Waals surface area (Å²) in [6.45, 7) is 2.47. The van der Waals surface area contributed by atoms with Gasteiger partial charge in [-0.25, -0.2) is 4.98 Å². The summed E-state index contributed by atoms with van der Waals surface area (Å²) in [5, 5.41) is 0. The van der Waals surface area contributed by atoms with Crippen LogP contribution >= 0.6 is 17.0 Å². The summed E-state index contributed by atoms with van der Waals surface area (Å²) >= 11 is 0. The van der Waals surface area contributed by atoms with Gasteiger partial charge in [0.1, 0.15) is 5.82 Å². The molecule has 26 heavy (non-hydrogen) atoms. The van der Waals surface area contributed by atoms with Crippen LogP contribution in [0.2, 0.25) is 0 Å². The van der Waals surface area contributed by atoms with Crippen molar-refractivity contribution in [2.24, 2.45) is 5.73 Å². The van der Waals surface area contributed by atoms with Gasteiger partial charge in [0.2, 0.25) is 0 Å². The van der Waals surface area contributed by atoms with E-state index in [0.29, 0.717) is 12.6 Å². The molecule has 2 heterocycles. The Bertz CT molecular complexity index is 814. The van der Waals surface area contributed by atoms with Crippen LogP contribution in [0.3, 0.4) is 0 Å². The van der Waals surface area contributed by atoms with Gasteiger partial charge >= 0.3 is 0 Å². The molecule has 1 aliphatic rings. The molecule has 5 nitrogen and oxygen atoms in total. The Morgan fingerprint density at radius 3 is 2.92 bits per heavy atom. The Hall–Kier alpha value is -1.76. The number of aromatic amines is 1. The summed E-state index contributed by atoms with van der Waals surface area (Å²) in [6, 6.07) is 12.8. The number of aromatic nitrogens is 3. The third kappa shape index (κ3) is 3.98. The minimum Gasteiger partial charge on any atom is -0.341 e. The van der Waals surface area contributed by atoms with E-state index in [1.807, 2.05) is 24.4 Å². The van der Waals surface area contributed by atoms with Crippen LogP contribution in [0.5, 0.6) is 0 Å². The van der Waals surface area contributed by atoms with E-state index in [1.54, 1.807) is 0 Å². The molecule has 0 bridgehead atoms. The fraction of sp³-hybridized carbons (Fsp3) is 0.400. The van der Waals surface area contributed by atoms with E-state index < -0.39 is 0 Å². The zero-order valence-corrected chi connectivity index (χ0v) is 16.6. The monoisotopic (exact) mass is 415 g/mol. The highest BCUT2D eigenvalue weighted by molar-refractivity contribution is 8.93. The van der Waals surface area contributed by atoms with Crippen molar-refractivity contribution < 1.29 is 0 Å². The van der Waals surface area contributed by atoms with Gasteiger partial charge in [-0.3, -0.25) is 9.88 Å². The van der Waals surface area contributed by atoms with Crippen molar-refractivity contribution in [2.45, 2.75) is 38.3 Å². The molecule has 0 saturated heterocycles. The highest BCUT2D eigenvalue weighted by Gasteiger charge is 2.27. The molecule has 0 amide bonds. The Morgan fingerprint density at radius 2 is 2.08 bits per heavy atom. The van der Waals surface area contributed by atoms with Crippen LogP contribution in [0, 0.1) is 0 Å². The van der Waals surface area contributed by atoms with Crippen LogP contribution in [-0.4, -0.2) is 32.9 Å². The maximum Gasteiger partial charge on any atom is 0.121 e. The molecular weight excluding hydrogens is 390 g/mol. The summed E-state index contributed by atoms with van der Waals surface area (Å²) in [6.07, 6.45) is 6.39. The number of nitrogens with one attached hydrogen (secondary N) is 1. The number of imidazole rings is 1. The Balaban J connectivity index is 0.00000196. The van der Waals surface area contributed by atoms with Gasteiger partial charge in [0.15, 0.2) is 0 Å². The quantitative estimate of drug-likeness (QED) is 0.642. The van der Waals surface area contributed by atoms with Gasteiger partial charge in [-0.2, -0.15) is 0 Å². The normalized spacial score (nSPS) is 16.5. The van der Waals surface area contributed by atoms with E-state index in [1.165, 1.54) is 17.7 Å². The molecule has 1 aromatic carbocycles. The largest absolute Gasteiger partial charge is 0.341 e. The number of nitrogens with zero attached hydrogens (tertiary/aromatic N) is 3. The Morgan fingerprint density at radius 1 is 1.19 bits per heavy atom. The second-order valence-electron chi connectivity index (χ2n) is 6.77. The molecule has 0 radical (unpaired) electrons. The lowest BCUT2D eigenvalue weighted by molar-refractivity contribution is 0.161. The lowest BCUT2D eigenvalue weighted by Gasteiger charge is -2.34. The maximum atomic E-state index is 5.79. The molecule has 0 fully saturated rings. The van der Waals surface area contributed by atoms with Crippen molar-refractivity contribution >= 4 is 28.0 Å². The number of fused-ring (bicyclic) bond motifs is 2. The fourth-order valence-electron chi connectivity index (χ4n) is 3.85. The first-order chi connectivity index (χ1) is 12.3. The second kappa shape index (κ2) is 8.75. The van der Waals surface area contributed by atoms with Gasteiger partial charge < -0.3 is 10.7 Å². The molecule has 2 aromatic heterocycles. The van der Waals surface area contributed by atoms with E-state index in [9.17, 15) is 0 Å². The minimum absolute atomic E-state index is 0. The molecule has 3 aromatic rings. The van der Waals surface area contributed by atoms with Gasteiger partial charge in [0.25, 0.3) is 0 Å². The standard InChI is InChI=1S/C20H25N5.BrH/c21-11-5-13-25(14-19-23-16-8-1-2-9-17(16)24-19)18-10-3-6-15-7-4-12-22-20(15)18;/h1-2,4,7-9,12,18H,3,5-6,10-11,13-14,21H2,(H,23,24);1H. The zero-order valence-electron chi connectivity index (χ0n) is 14.9. The zero-order chi connectivity index (χ0) is 17.1. The molecule has 4 rings (SSSR count). The van der Waals surface area contributed by atoms with Gasteiger partial charge in [-0.05, 0) is 56.0 Å². The Kier molecular flexibility index (Phi) is 6.40. The molecule has 1 aliphatic carbocycles. The summed E-state index contributed by atoms with van der Waals surface area (Å²) in [4.78, 5) is 15.4. The molecule has 6 heteroatoms. The first kappa shape index (κ1) is 19.0. The van der Waals surface area contributed by atoms with Gasteiger partial charge in [-0.15, -0.1) is 17.0 Å². The molecular formula is C20H26BrN5. The minimum atomic E-state index is 0. The summed E-state index contributed by atoms with van der Waals surface area (Å²) in [5.41, 5.74) is 10.5. The number of H-pyrrole nitrogens is 1. The van der Waals surface area contributed by atoms with Crippen molar-refractivity contribution in [3.05, 3.63) is 59.7 Å². The number of hydrogen-bond acceptors (Lipinski definition) is 4. The number of pyridine rings is 1. The third-order valence-corrected chi connectivity index (χ3v) is 5.05. The van der Waals surface area contributed by atoms with Crippen molar-refractivity contribution in [3.63, 3.8) is 0 Å². The number of rotatable bonds is 6. The maximum absolute atomic E-state index is 5.79. The molecule has 1 atom stereocenters. The second-order valence-corrected chi connectivity index (χ2v) is 6.77. The lowest BCUT2D eigenvalue weighted by Crippen LogP contribution is -2.33. The Labute approximate surface area is 164 Å². The van der Waals surface area contributed by atoms with Gasteiger partial charge in [0, 0.05) is 12.7 Å². The van der Waals surface area contributed by atoms with Crippen molar-refractivity contribution in [3.8, 4) is 0 Å². The predicted molar refractivity (Wildman–Crippen MR) is 110 cm³/mol. The van der Waals surface area contributed by atoms with Crippen molar-refractivity contribution in [1.29, 1.82) is 0 Å². The van der Waals surface area contributed by atoms with Crippen molar-refractivity contribution in [2.75, 3.05) is 13.1 Å². The van der Waals surface area contributed by atoms with E-state index >= 15 is 0 Å². The first-order valence-electron chi connectivity index (χ1n) is 9.16. The smallest absolute Gasteiger partial charge is 0.121 e. The van der Waals surface area contributed by atoms with Gasteiger partial charge in [-0.1, -0.05) is 18.2 Å². The number of nitrogens with two attached hydrogens (primary N) is 1. The van der Waals surface area contributed by atoms with Crippen LogP contribution in [0.1, 0.15) is 42.4 Å². The average molecular weight is 416 g/mol. The van der Waals surface area contributed by atoms with E-state index in [4.69, 9.17) is 15.7 Å². The number of benzene rings is 1. The molecule has 0 saturated carbocycles. The predicted octanol–water partition coefficient (Wildman–Crippen LogP) is 3.76. The van der Waals surface area contributed by atoms with Crippen LogP contribution < -0.4 is 5.73 Å². The SMILES string of the molecule is Br.NCCCN(Cc1nc2ccccc2[nH]1)C1CCCc2cccnc21. The first-order valence-corrected chi connectivity index (χ1v) is 9.16. The van der Waals surface area contributed by atoms with Crippen LogP contribution in [0.15, 0.2) is 42.6 Å². The fourth-order valence-corrected chi connectivity index (χ4v) is 3.85. The third-order valence-electron chi connectivity index (χ3n) is 5.05. The molecule has 138 valence electrons. The van der Waals surface area contributed by atoms with Crippen LogP contribution in [0.25, 0.3) is 11.0 Å². The molecule has 0 spiro atoms. The van der Waals surface area contributed by atoms with E-state index in [-0.39, 0.29) is 17.0 Å². The molecule has 3 N–H and O–H groups in total. The number of halogens is 1. The summed E-state index contributed by atoms with van der Waals surface area (Å²) < 4.78 is 0. The lowest BCUT2D eigenvalue weighted by atomic mass is 9.90. The molecule has 1 unspecified atom stereocenters. The summed E-state index contributed by atoms with van der Waals surface area (Å²) in [7, 11) is 0. The summed E-state index contributed by atoms with van der Waals surface area (Å²) in [5.74, 6) is 1.02. The number of para-hydroxylation sites is 2. The molecule has 0 aliphatic heterocycles. The van der Waals surface area contributed by atoms with E-state index in [2.05, 4.69) is 28.1 Å². The van der Waals surface area contributed by atoms with Crippen LogP contribution in [-0.2, 0) is 13.0 Å². The average Bonchev–Trinajstić information content (AvgIpc) is 3.07. The van der Waals surface area contributed by atoms with Gasteiger partial charge in [0.05, 0.1) is 29.3 Å². The highest BCUT2D eigenvalue weighted by atomic mass is 79.9. The number of hydrogen-bond donors (Lipinski definition) is 2. The van der Waals surface area contributed by atoms with Crippen molar-refractivity contribution in [1.82, 2.24) is 19.9 Å².